The van der Waals surface area contributed by atoms with E-state index in [1.54, 1.807) is 18.2 Å². The van der Waals surface area contributed by atoms with E-state index in [4.69, 9.17) is 4.52 Å². The van der Waals surface area contributed by atoms with Gasteiger partial charge in [-0.05, 0) is 37.1 Å². The zero-order valence-electron chi connectivity index (χ0n) is 12.7. The van der Waals surface area contributed by atoms with E-state index in [1.165, 1.54) is 12.1 Å². The predicted molar refractivity (Wildman–Crippen MR) is 82.2 cm³/mol. The first-order valence-corrected chi connectivity index (χ1v) is 7.82. The van der Waals surface area contributed by atoms with Gasteiger partial charge in [0, 0.05) is 30.2 Å². The molecule has 1 aromatic carbocycles. The molecular formula is C17H19FN2O3. The highest BCUT2D eigenvalue weighted by atomic mass is 19.1. The normalized spacial score (nSPS) is 21.1. The van der Waals surface area contributed by atoms with Crippen LogP contribution < -0.4 is 5.32 Å². The van der Waals surface area contributed by atoms with Crippen molar-refractivity contribution in [2.75, 3.05) is 6.61 Å². The van der Waals surface area contributed by atoms with E-state index in [-0.39, 0.29) is 36.0 Å². The van der Waals surface area contributed by atoms with Crippen LogP contribution in [0, 0.1) is 11.7 Å². The Hall–Kier alpha value is -2.21. The molecule has 3 rings (SSSR count). The van der Waals surface area contributed by atoms with Crippen molar-refractivity contribution in [2.24, 2.45) is 5.92 Å². The number of halogens is 1. The smallest absolute Gasteiger partial charge is 0.273 e. The molecule has 1 fully saturated rings. The molecule has 5 nitrogen and oxygen atoms in total. The van der Waals surface area contributed by atoms with E-state index in [9.17, 15) is 14.3 Å². The van der Waals surface area contributed by atoms with E-state index in [0.29, 0.717) is 11.3 Å². The van der Waals surface area contributed by atoms with Crippen LogP contribution in [-0.2, 0) is 0 Å². The Morgan fingerprint density at radius 1 is 1.30 bits per heavy atom. The van der Waals surface area contributed by atoms with E-state index in [1.807, 2.05) is 0 Å². The van der Waals surface area contributed by atoms with Gasteiger partial charge < -0.3 is 14.9 Å². The van der Waals surface area contributed by atoms with Gasteiger partial charge >= 0.3 is 0 Å². The van der Waals surface area contributed by atoms with Crippen molar-refractivity contribution in [1.29, 1.82) is 0 Å². The number of rotatable bonds is 4. The minimum absolute atomic E-state index is 0.0350. The SMILES string of the molecule is O=C(NC1CCCCC1CO)c1cc(-c2ccc(F)cc2)on1. The quantitative estimate of drug-likeness (QED) is 0.909. The highest BCUT2D eigenvalue weighted by Crippen LogP contribution is 2.25. The maximum Gasteiger partial charge on any atom is 0.273 e. The van der Waals surface area contributed by atoms with Crippen LogP contribution in [0.4, 0.5) is 4.39 Å². The van der Waals surface area contributed by atoms with Gasteiger partial charge in [-0.2, -0.15) is 0 Å². The Kier molecular flexibility index (Phi) is 4.71. The van der Waals surface area contributed by atoms with Crippen molar-refractivity contribution >= 4 is 5.91 Å². The average molecular weight is 318 g/mol. The summed E-state index contributed by atoms with van der Waals surface area (Å²) in [5.74, 6) is -0.139. The zero-order chi connectivity index (χ0) is 16.2. The molecule has 0 aliphatic heterocycles. The third kappa shape index (κ3) is 3.59. The molecule has 122 valence electrons. The third-order valence-corrected chi connectivity index (χ3v) is 4.33. The lowest BCUT2D eigenvalue weighted by molar-refractivity contribution is 0.0864. The third-order valence-electron chi connectivity index (χ3n) is 4.33. The van der Waals surface area contributed by atoms with E-state index in [2.05, 4.69) is 10.5 Å². The summed E-state index contributed by atoms with van der Waals surface area (Å²) < 4.78 is 18.1. The molecule has 1 amide bonds. The summed E-state index contributed by atoms with van der Waals surface area (Å²) in [6, 6.07) is 7.30. The summed E-state index contributed by atoms with van der Waals surface area (Å²) >= 11 is 0. The minimum atomic E-state index is -0.335. The summed E-state index contributed by atoms with van der Waals surface area (Å²) in [7, 11) is 0. The molecule has 0 radical (unpaired) electrons. The molecule has 0 spiro atoms. The topological polar surface area (TPSA) is 75.4 Å². The number of aliphatic hydroxyl groups excluding tert-OH is 1. The monoisotopic (exact) mass is 318 g/mol. The number of nitrogens with zero attached hydrogens (tertiary/aromatic N) is 1. The summed E-state index contributed by atoms with van der Waals surface area (Å²) in [5, 5.41) is 16.1. The number of carbonyl (C=O) groups is 1. The number of hydrogen-bond donors (Lipinski definition) is 2. The number of hydrogen-bond acceptors (Lipinski definition) is 4. The molecule has 1 aliphatic rings. The lowest BCUT2D eigenvalue weighted by Gasteiger charge is -2.30. The average Bonchev–Trinajstić information content (AvgIpc) is 3.06. The van der Waals surface area contributed by atoms with Crippen LogP contribution in [0.3, 0.4) is 0 Å². The number of nitrogens with one attached hydrogen (secondary N) is 1. The predicted octanol–water partition coefficient (Wildman–Crippen LogP) is 2.76. The fourth-order valence-electron chi connectivity index (χ4n) is 2.99. The van der Waals surface area contributed by atoms with Crippen LogP contribution in [0.1, 0.15) is 36.2 Å². The maximum atomic E-state index is 12.9. The van der Waals surface area contributed by atoms with Crippen molar-refractivity contribution in [3.8, 4) is 11.3 Å². The number of aromatic nitrogens is 1. The number of amides is 1. The molecule has 0 saturated heterocycles. The fourth-order valence-corrected chi connectivity index (χ4v) is 2.99. The molecule has 6 heteroatoms. The molecule has 23 heavy (non-hydrogen) atoms. The van der Waals surface area contributed by atoms with Gasteiger partial charge in [-0.15, -0.1) is 0 Å². The minimum Gasteiger partial charge on any atom is -0.396 e. The van der Waals surface area contributed by atoms with Crippen molar-refractivity contribution in [3.05, 3.63) is 41.8 Å². The van der Waals surface area contributed by atoms with Gasteiger partial charge in [0.25, 0.3) is 5.91 Å². The van der Waals surface area contributed by atoms with Crippen LogP contribution in [0.25, 0.3) is 11.3 Å². The number of aliphatic hydroxyl groups is 1. The highest BCUT2D eigenvalue weighted by molar-refractivity contribution is 5.93. The molecule has 0 bridgehead atoms. The second-order valence-corrected chi connectivity index (χ2v) is 5.89. The van der Waals surface area contributed by atoms with Gasteiger partial charge in [-0.3, -0.25) is 4.79 Å². The molecule has 2 N–H and O–H groups in total. The van der Waals surface area contributed by atoms with Crippen molar-refractivity contribution in [2.45, 2.75) is 31.7 Å². The largest absolute Gasteiger partial charge is 0.396 e. The molecule has 2 atom stereocenters. The van der Waals surface area contributed by atoms with Crippen LogP contribution in [0.15, 0.2) is 34.9 Å². The van der Waals surface area contributed by atoms with Gasteiger partial charge in [-0.1, -0.05) is 18.0 Å². The van der Waals surface area contributed by atoms with Crippen LogP contribution in [-0.4, -0.2) is 28.8 Å². The number of carbonyl (C=O) groups excluding carboxylic acids is 1. The Morgan fingerprint density at radius 3 is 2.78 bits per heavy atom. The van der Waals surface area contributed by atoms with E-state index >= 15 is 0 Å². The molecule has 1 heterocycles. The lowest BCUT2D eigenvalue weighted by atomic mass is 9.85. The van der Waals surface area contributed by atoms with E-state index in [0.717, 1.165) is 25.7 Å². The number of benzene rings is 1. The van der Waals surface area contributed by atoms with Crippen LogP contribution >= 0.6 is 0 Å². The molecular weight excluding hydrogens is 299 g/mol. The lowest BCUT2D eigenvalue weighted by Crippen LogP contribution is -2.43. The van der Waals surface area contributed by atoms with Gasteiger partial charge in [0.15, 0.2) is 11.5 Å². The first-order chi connectivity index (χ1) is 11.2. The van der Waals surface area contributed by atoms with Crippen LogP contribution in [0.5, 0.6) is 0 Å². The summed E-state index contributed by atoms with van der Waals surface area (Å²) in [4.78, 5) is 12.3. The molecule has 1 saturated carbocycles. The van der Waals surface area contributed by atoms with E-state index < -0.39 is 0 Å². The van der Waals surface area contributed by atoms with Crippen molar-refractivity contribution < 1.29 is 18.8 Å². The summed E-state index contributed by atoms with van der Waals surface area (Å²) in [5.41, 5.74) is 0.843. The van der Waals surface area contributed by atoms with Gasteiger partial charge in [-0.25, -0.2) is 4.39 Å². The molecule has 1 aromatic heterocycles. The Labute approximate surface area is 133 Å². The first kappa shape index (κ1) is 15.7. The van der Waals surface area contributed by atoms with Crippen molar-refractivity contribution in [1.82, 2.24) is 10.5 Å². The van der Waals surface area contributed by atoms with Gasteiger partial charge in [0.2, 0.25) is 0 Å². The van der Waals surface area contributed by atoms with Gasteiger partial charge in [0.05, 0.1) is 0 Å². The van der Waals surface area contributed by atoms with Crippen molar-refractivity contribution in [3.63, 3.8) is 0 Å². The second-order valence-electron chi connectivity index (χ2n) is 5.89. The Morgan fingerprint density at radius 2 is 2.04 bits per heavy atom. The zero-order valence-corrected chi connectivity index (χ0v) is 12.7. The maximum absolute atomic E-state index is 12.9. The Bertz CT molecular complexity index is 669. The van der Waals surface area contributed by atoms with Gasteiger partial charge in [0.1, 0.15) is 5.82 Å². The standard InChI is InChI=1S/C17H19FN2O3/c18-13-7-5-11(6-8-13)16-9-15(20-23-16)17(22)19-14-4-2-1-3-12(14)10-21/h5-9,12,14,21H,1-4,10H2,(H,19,22). The molecule has 2 unspecified atom stereocenters. The fraction of sp³-hybridized carbons (Fsp3) is 0.412. The molecule has 1 aliphatic carbocycles. The summed E-state index contributed by atoms with van der Waals surface area (Å²) in [6.45, 7) is 0.0740. The molecule has 2 aromatic rings. The second kappa shape index (κ2) is 6.91. The Balaban J connectivity index is 1.69. The first-order valence-electron chi connectivity index (χ1n) is 7.82. The summed E-state index contributed by atoms with van der Waals surface area (Å²) in [6.07, 6.45) is 3.90. The highest BCUT2D eigenvalue weighted by Gasteiger charge is 2.27. The van der Waals surface area contributed by atoms with Crippen LogP contribution in [0.2, 0.25) is 0 Å².